The van der Waals surface area contributed by atoms with Crippen molar-refractivity contribution in [2.45, 2.75) is 24.4 Å². The minimum atomic E-state index is -0.768. The molecule has 4 aromatic carbocycles. The molecule has 4 aromatic rings. The lowest BCUT2D eigenvalue weighted by molar-refractivity contribution is 0.0639. The van der Waals surface area contributed by atoms with Crippen LogP contribution < -0.4 is 9.47 Å². The molecular weight excluding hydrogens is 436 g/mol. The smallest absolute Gasteiger partial charge is 0.119 e. The van der Waals surface area contributed by atoms with Gasteiger partial charge in [0.25, 0.3) is 0 Å². The Hall–Kier alpha value is -3.76. The average Bonchev–Trinajstić information content (AvgIpc) is 2.92. The van der Waals surface area contributed by atoms with E-state index in [4.69, 9.17) is 9.47 Å². The van der Waals surface area contributed by atoms with Crippen molar-refractivity contribution in [3.8, 4) is 17.2 Å². The summed E-state index contributed by atoms with van der Waals surface area (Å²) in [5.74, 6) is 1.63. The first-order valence-electron chi connectivity index (χ1n) is 11.9. The van der Waals surface area contributed by atoms with E-state index in [0.29, 0.717) is 12.8 Å². The second kappa shape index (κ2) is 9.47. The predicted octanol–water partition coefficient (Wildman–Crippen LogP) is 6.04. The molecule has 5 rings (SSSR count). The fraction of sp³-hybridized carbons (Fsp3) is 0.226. The average molecular weight is 467 g/mol. The van der Waals surface area contributed by atoms with Crippen LogP contribution in [0.15, 0.2) is 97.1 Å². The first-order valence-corrected chi connectivity index (χ1v) is 11.9. The molecule has 1 aliphatic carbocycles. The molecular formula is C31H30O4. The van der Waals surface area contributed by atoms with Crippen molar-refractivity contribution in [3.05, 3.63) is 125 Å². The molecule has 1 aliphatic rings. The quantitative estimate of drug-likeness (QED) is 0.340. The molecule has 0 bridgehead atoms. The third kappa shape index (κ3) is 3.84. The number of benzene rings is 4. The second-order valence-corrected chi connectivity index (χ2v) is 9.07. The summed E-state index contributed by atoms with van der Waals surface area (Å²) < 4.78 is 10.9. The highest BCUT2D eigenvalue weighted by Gasteiger charge is 2.49. The number of aromatic hydroxyl groups is 1. The van der Waals surface area contributed by atoms with E-state index in [-0.39, 0.29) is 11.7 Å². The van der Waals surface area contributed by atoms with Crippen LogP contribution in [0.5, 0.6) is 17.2 Å². The van der Waals surface area contributed by atoms with Gasteiger partial charge in [-0.25, -0.2) is 0 Å². The van der Waals surface area contributed by atoms with E-state index < -0.39 is 11.5 Å². The number of methoxy groups -OCH3 is 2. The van der Waals surface area contributed by atoms with Crippen LogP contribution in [0.4, 0.5) is 0 Å². The van der Waals surface area contributed by atoms with Gasteiger partial charge in [0.1, 0.15) is 17.2 Å². The maximum atomic E-state index is 11.9. The summed E-state index contributed by atoms with van der Waals surface area (Å²) in [4.78, 5) is 0. The molecule has 0 spiro atoms. The van der Waals surface area contributed by atoms with E-state index in [1.807, 2.05) is 54.6 Å². The predicted molar refractivity (Wildman–Crippen MR) is 137 cm³/mol. The van der Waals surface area contributed by atoms with Crippen molar-refractivity contribution in [1.29, 1.82) is 0 Å². The van der Waals surface area contributed by atoms with Gasteiger partial charge in [-0.3, -0.25) is 0 Å². The summed E-state index contributed by atoms with van der Waals surface area (Å²) in [5, 5.41) is 22.4. The highest BCUT2D eigenvalue weighted by Crippen LogP contribution is 2.54. The van der Waals surface area contributed by atoms with Crippen LogP contribution >= 0.6 is 0 Å². The summed E-state index contributed by atoms with van der Waals surface area (Å²) in [6.07, 6.45) is 0.624. The number of hydrogen-bond acceptors (Lipinski definition) is 4. The van der Waals surface area contributed by atoms with Crippen molar-refractivity contribution in [1.82, 2.24) is 0 Å². The van der Waals surface area contributed by atoms with Gasteiger partial charge in [0.05, 0.1) is 25.7 Å². The third-order valence-corrected chi connectivity index (χ3v) is 7.47. The molecule has 0 aliphatic heterocycles. The number of fused-ring (bicyclic) bond motifs is 1. The lowest BCUT2D eigenvalue weighted by atomic mass is 9.57. The second-order valence-electron chi connectivity index (χ2n) is 9.07. The highest BCUT2D eigenvalue weighted by molar-refractivity contribution is 5.55. The van der Waals surface area contributed by atoms with Crippen molar-refractivity contribution in [2.24, 2.45) is 5.92 Å². The molecule has 178 valence electrons. The first-order chi connectivity index (χ1) is 17.1. The number of ether oxygens (including phenoxy) is 2. The Kier molecular flexibility index (Phi) is 6.23. The van der Waals surface area contributed by atoms with Gasteiger partial charge in [0.2, 0.25) is 0 Å². The molecule has 2 atom stereocenters. The summed E-state index contributed by atoms with van der Waals surface area (Å²) in [5.41, 5.74) is 4.22. The van der Waals surface area contributed by atoms with Crippen LogP contribution in [-0.2, 0) is 11.8 Å². The third-order valence-electron chi connectivity index (χ3n) is 7.47. The molecule has 0 radical (unpaired) electrons. The van der Waals surface area contributed by atoms with Gasteiger partial charge in [-0.1, -0.05) is 66.7 Å². The molecule has 0 aromatic heterocycles. The number of aliphatic hydroxyl groups excluding tert-OH is 1. The number of phenols is 1. The molecule has 4 nitrogen and oxygen atoms in total. The van der Waals surface area contributed by atoms with Gasteiger partial charge in [-0.2, -0.15) is 0 Å². The van der Waals surface area contributed by atoms with Crippen molar-refractivity contribution in [2.75, 3.05) is 14.2 Å². The maximum Gasteiger partial charge on any atom is 0.119 e. The highest BCUT2D eigenvalue weighted by atomic mass is 16.5. The van der Waals surface area contributed by atoms with E-state index in [1.165, 1.54) is 0 Å². The van der Waals surface area contributed by atoms with Gasteiger partial charge in [0, 0.05) is 5.92 Å². The molecule has 2 unspecified atom stereocenters. The fourth-order valence-corrected chi connectivity index (χ4v) is 5.82. The molecule has 0 fully saturated rings. The normalized spacial score (nSPS) is 17.5. The van der Waals surface area contributed by atoms with E-state index in [0.717, 1.165) is 39.3 Å². The first kappa shape index (κ1) is 23.0. The van der Waals surface area contributed by atoms with E-state index in [9.17, 15) is 10.2 Å². The summed E-state index contributed by atoms with van der Waals surface area (Å²) in [6.45, 7) is 0. The van der Waals surface area contributed by atoms with Gasteiger partial charge in [-0.15, -0.1) is 0 Å². The zero-order valence-corrected chi connectivity index (χ0v) is 20.0. The summed E-state index contributed by atoms with van der Waals surface area (Å²) in [6, 6.07) is 32.1. The number of phenolic OH excluding ortho intramolecular Hbond substituents is 1. The summed E-state index contributed by atoms with van der Waals surface area (Å²) in [7, 11) is 3.33. The molecule has 0 saturated heterocycles. The zero-order valence-electron chi connectivity index (χ0n) is 20.0. The Morgan fingerprint density at radius 2 is 1.23 bits per heavy atom. The van der Waals surface area contributed by atoms with Gasteiger partial charge >= 0.3 is 0 Å². The SMILES string of the molecule is COc1ccc(C(c2ccccc2)(c2ccc(OC)cc2)C2CCc3c(O)cccc3C2O)cc1. The number of aliphatic hydroxyl groups is 1. The van der Waals surface area contributed by atoms with E-state index >= 15 is 0 Å². The summed E-state index contributed by atoms with van der Waals surface area (Å²) >= 11 is 0. The Labute approximate surface area is 206 Å². The maximum absolute atomic E-state index is 11.9. The molecule has 0 heterocycles. The van der Waals surface area contributed by atoms with Crippen LogP contribution in [0.2, 0.25) is 0 Å². The largest absolute Gasteiger partial charge is 0.508 e. The monoisotopic (exact) mass is 466 g/mol. The van der Waals surface area contributed by atoms with Crippen molar-refractivity contribution in [3.63, 3.8) is 0 Å². The van der Waals surface area contributed by atoms with Crippen LogP contribution in [0.3, 0.4) is 0 Å². The number of rotatable bonds is 6. The molecule has 2 N–H and O–H groups in total. The van der Waals surface area contributed by atoms with Gasteiger partial charge in [-0.05, 0) is 71.0 Å². The Bertz CT molecular complexity index is 1230. The van der Waals surface area contributed by atoms with Crippen LogP contribution in [0.1, 0.15) is 40.3 Å². The molecule has 35 heavy (non-hydrogen) atoms. The van der Waals surface area contributed by atoms with Crippen LogP contribution in [0.25, 0.3) is 0 Å². The minimum Gasteiger partial charge on any atom is -0.508 e. The molecule has 4 heteroatoms. The van der Waals surface area contributed by atoms with Crippen LogP contribution in [-0.4, -0.2) is 24.4 Å². The topological polar surface area (TPSA) is 58.9 Å². The molecule has 0 saturated carbocycles. The molecule has 0 amide bonds. The minimum absolute atomic E-state index is 0.180. The fourth-order valence-electron chi connectivity index (χ4n) is 5.82. The van der Waals surface area contributed by atoms with Crippen LogP contribution in [0, 0.1) is 5.92 Å². The zero-order chi connectivity index (χ0) is 24.4. The standard InChI is InChI=1S/C31H30O4/c1-34-24-15-11-22(12-16-24)31(21-7-4-3-5-8-21,23-13-17-25(35-2)18-14-23)28-20-19-26-27(30(28)33)9-6-10-29(26)32/h3-18,28,30,32-33H,19-20H2,1-2H3. The Morgan fingerprint density at radius 3 is 1.77 bits per heavy atom. The van der Waals surface area contributed by atoms with Crippen molar-refractivity contribution >= 4 is 0 Å². The number of hydrogen-bond donors (Lipinski definition) is 2. The Balaban J connectivity index is 1.80. The van der Waals surface area contributed by atoms with E-state index in [1.54, 1.807) is 20.3 Å². The van der Waals surface area contributed by atoms with Crippen molar-refractivity contribution < 1.29 is 19.7 Å². The lowest BCUT2D eigenvalue weighted by Crippen LogP contribution is -2.43. The Morgan fingerprint density at radius 1 is 0.686 bits per heavy atom. The van der Waals surface area contributed by atoms with Gasteiger partial charge in [0.15, 0.2) is 0 Å². The van der Waals surface area contributed by atoms with Gasteiger partial charge < -0.3 is 19.7 Å². The van der Waals surface area contributed by atoms with E-state index in [2.05, 4.69) is 36.4 Å². The lowest BCUT2D eigenvalue weighted by Gasteiger charge is -2.47.